The molecule has 2 heterocycles. The summed E-state index contributed by atoms with van der Waals surface area (Å²) in [5.74, 6) is 0.132. The maximum absolute atomic E-state index is 12.4. The summed E-state index contributed by atoms with van der Waals surface area (Å²) >= 11 is 0. The first-order valence-electron chi connectivity index (χ1n) is 9.07. The molecule has 0 bridgehead atoms. The van der Waals surface area contributed by atoms with Crippen LogP contribution in [0.1, 0.15) is 18.9 Å². The third kappa shape index (κ3) is 4.41. The van der Waals surface area contributed by atoms with Crippen molar-refractivity contribution in [3.05, 3.63) is 48.3 Å². The predicted molar refractivity (Wildman–Crippen MR) is 99.1 cm³/mol. The molecule has 1 saturated heterocycles. The van der Waals surface area contributed by atoms with Crippen molar-refractivity contribution in [2.45, 2.75) is 19.8 Å². The van der Waals surface area contributed by atoms with E-state index >= 15 is 0 Å². The Hall–Kier alpha value is -2.83. The number of para-hydroxylation sites is 1. The first kappa shape index (κ1) is 18.0. The van der Waals surface area contributed by atoms with Gasteiger partial charge in [-0.25, -0.2) is 9.48 Å². The zero-order valence-electron chi connectivity index (χ0n) is 15.1. The summed E-state index contributed by atoms with van der Waals surface area (Å²) in [6.07, 6.45) is 4.91. The summed E-state index contributed by atoms with van der Waals surface area (Å²) in [6.45, 7) is 4.89. The van der Waals surface area contributed by atoms with Crippen LogP contribution in [0, 0.1) is 0 Å². The van der Waals surface area contributed by atoms with E-state index in [9.17, 15) is 9.59 Å². The van der Waals surface area contributed by atoms with E-state index in [1.807, 2.05) is 59.2 Å². The van der Waals surface area contributed by atoms with Crippen molar-refractivity contribution in [2.75, 3.05) is 32.7 Å². The zero-order chi connectivity index (χ0) is 18.4. The Morgan fingerprint density at radius 3 is 2.46 bits per heavy atom. The van der Waals surface area contributed by atoms with E-state index < -0.39 is 0 Å². The summed E-state index contributed by atoms with van der Waals surface area (Å²) < 4.78 is 1.82. The molecule has 3 rings (SSSR count). The van der Waals surface area contributed by atoms with Crippen LogP contribution in [-0.4, -0.2) is 64.2 Å². The minimum Gasteiger partial charge on any atom is -0.339 e. The number of aryl methyl sites for hydroxylation is 1. The minimum atomic E-state index is -0.0482. The van der Waals surface area contributed by atoms with Gasteiger partial charge in [-0.05, 0) is 31.0 Å². The molecule has 7 heteroatoms. The van der Waals surface area contributed by atoms with Gasteiger partial charge in [0.1, 0.15) is 0 Å². The molecule has 1 aromatic heterocycles. The van der Waals surface area contributed by atoms with Crippen molar-refractivity contribution in [3.8, 4) is 5.69 Å². The van der Waals surface area contributed by atoms with Crippen LogP contribution in [0.2, 0.25) is 0 Å². The fourth-order valence-electron chi connectivity index (χ4n) is 3.04. The number of rotatable bonds is 5. The predicted octanol–water partition coefficient (Wildman–Crippen LogP) is 1.68. The van der Waals surface area contributed by atoms with E-state index in [4.69, 9.17) is 0 Å². The fourth-order valence-corrected chi connectivity index (χ4v) is 3.04. The highest BCUT2D eigenvalue weighted by molar-refractivity contribution is 5.77. The average molecular weight is 355 g/mol. The molecule has 0 atom stereocenters. The Morgan fingerprint density at radius 2 is 1.77 bits per heavy atom. The molecule has 26 heavy (non-hydrogen) atoms. The molecule has 0 unspecified atom stereocenters. The molecule has 1 aliphatic heterocycles. The second kappa shape index (κ2) is 8.51. The molecule has 0 saturated carbocycles. The number of urea groups is 1. The molecule has 7 nitrogen and oxygen atoms in total. The number of hydrogen-bond donors (Lipinski definition) is 1. The number of carbonyl (C=O) groups excluding carboxylic acids is 2. The van der Waals surface area contributed by atoms with Crippen LogP contribution in [0.5, 0.6) is 0 Å². The van der Waals surface area contributed by atoms with Crippen LogP contribution in [0.3, 0.4) is 0 Å². The summed E-state index contributed by atoms with van der Waals surface area (Å²) in [6, 6.07) is 9.86. The van der Waals surface area contributed by atoms with Crippen molar-refractivity contribution in [1.82, 2.24) is 24.9 Å². The van der Waals surface area contributed by atoms with Crippen LogP contribution < -0.4 is 5.32 Å². The van der Waals surface area contributed by atoms with Gasteiger partial charge in [0.05, 0.1) is 11.9 Å². The molecule has 0 aliphatic carbocycles. The quantitative estimate of drug-likeness (QED) is 0.887. The van der Waals surface area contributed by atoms with Crippen molar-refractivity contribution in [3.63, 3.8) is 0 Å². The molecular weight excluding hydrogens is 330 g/mol. The molecule has 1 fully saturated rings. The highest BCUT2D eigenvalue weighted by Crippen LogP contribution is 2.11. The second-order valence-electron chi connectivity index (χ2n) is 6.33. The van der Waals surface area contributed by atoms with Crippen molar-refractivity contribution < 1.29 is 9.59 Å². The Kier molecular flexibility index (Phi) is 5.88. The van der Waals surface area contributed by atoms with Crippen LogP contribution in [-0.2, 0) is 11.2 Å². The number of amides is 3. The molecule has 138 valence electrons. The lowest BCUT2D eigenvalue weighted by Gasteiger charge is -2.34. The standard InChI is InChI=1S/C19H25N5O2/c1-2-20-19(26)23-12-10-22(11-13-23)18(25)9-8-16-14-21-24(15-16)17-6-4-3-5-7-17/h3-7,14-15H,2,8-13H2,1H3,(H,20,26). The lowest BCUT2D eigenvalue weighted by molar-refractivity contribution is -0.132. The summed E-state index contributed by atoms with van der Waals surface area (Å²) in [5.41, 5.74) is 2.05. The van der Waals surface area contributed by atoms with Gasteiger partial charge >= 0.3 is 6.03 Å². The molecule has 0 radical (unpaired) electrons. The molecule has 1 aliphatic rings. The van der Waals surface area contributed by atoms with E-state index in [0.29, 0.717) is 45.6 Å². The van der Waals surface area contributed by atoms with Gasteiger partial charge in [-0.15, -0.1) is 0 Å². The van der Waals surface area contributed by atoms with Gasteiger partial charge in [0.15, 0.2) is 0 Å². The van der Waals surface area contributed by atoms with Gasteiger partial charge in [0, 0.05) is 45.3 Å². The maximum Gasteiger partial charge on any atom is 0.317 e. The fraction of sp³-hybridized carbons (Fsp3) is 0.421. The van der Waals surface area contributed by atoms with Gasteiger partial charge in [-0.3, -0.25) is 4.79 Å². The van der Waals surface area contributed by atoms with Gasteiger partial charge in [-0.1, -0.05) is 18.2 Å². The first-order chi connectivity index (χ1) is 12.7. The summed E-state index contributed by atoms with van der Waals surface area (Å²) in [7, 11) is 0. The first-order valence-corrected chi connectivity index (χ1v) is 9.07. The lowest BCUT2D eigenvalue weighted by Crippen LogP contribution is -2.53. The number of piperazine rings is 1. The molecule has 0 spiro atoms. The van der Waals surface area contributed by atoms with E-state index in [1.165, 1.54) is 0 Å². The SMILES string of the molecule is CCNC(=O)N1CCN(C(=O)CCc2cnn(-c3ccccc3)c2)CC1. The van der Waals surface area contributed by atoms with Gasteiger partial charge in [-0.2, -0.15) is 5.10 Å². The Morgan fingerprint density at radius 1 is 1.08 bits per heavy atom. The van der Waals surface area contributed by atoms with Crippen molar-refractivity contribution in [2.24, 2.45) is 0 Å². The van der Waals surface area contributed by atoms with Crippen LogP contribution in [0.4, 0.5) is 4.79 Å². The van der Waals surface area contributed by atoms with Gasteiger partial charge in [0.2, 0.25) is 5.91 Å². The van der Waals surface area contributed by atoms with Gasteiger partial charge in [0.25, 0.3) is 0 Å². The average Bonchev–Trinajstić information content (AvgIpc) is 3.16. The maximum atomic E-state index is 12.4. The molecule has 2 aromatic rings. The van der Waals surface area contributed by atoms with E-state index in [-0.39, 0.29) is 11.9 Å². The van der Waals surface area contributed by atoms with Crippen molar-refractivity contribution in [1.29, 1.82) is 0 Å². The molecule has 1 aromatic carbocycles. The van der Waals surface area contributed by atoms with Crippen LogP contribution >= 0.6 is 0 Å². The molecule has 3 amide bonds. The monoisotopic (exact) mass is 355 g/mol. The number of carbonyl (C=O) groups is 2. The Labute approximate surface area is 153 Å². The van der Waals surface area contributed by atoms with E-state index in [2.05, 4.69) is 10.4 Å². The topological polar surface area (TPSA) is 70.5 Å². The number of aromatic nitrogens is 2. The molecular formula is C19H25N5O2. The Balaban J connectivity index is 1.46. The second-order valence-corrected chi connectivity index (χ2v) is 6.33. The largest absolute Gasteiger partial charge is 0.339 e. The van der Waals surface area contributed by atoms with E-state index in [0.717, 1.165) is 11.3 Å². The third-order valence-electron chi connectivity index (χ3n) is 4.53. The van der Waals surface area contributed by atoms with Crippen molar-refractivity contribution >= 4 is 11.9 Å². The van der Waals surface area contributed by atoms with E-state index in [1.54, 1.807) is 4.90 Å². The highest BCUT2D eigenvalue weighted by atomic mass is 16.2. The minimum absolute atomic E-state index is 0.0482. The Bertz CT molecular complexity index is 735. The number of nitrogens with zero attached hydrogens (tertiary/aromatic N) is 4. The zero-order valence-corrected chi connectivity index (χ0v) is 15.1. The van der Waals surface area contributed by atoms with Gasteiger partial charge < -0.3 is 15.1 Å². The smallest absolute Gasteiger partial charge is 0.317 e. The summed E-state index contributed by atoms with van der Waals surface area (Å²) in [4.78, 5) is 27.8. The highest BCUT2D eigenvalue weighted by Gasteiger charge is 2.23. The van der Waals surface area contributed by atoms with Crippen LogP contribution in [0.15, 0.2) is 42.7 Å². The lowest BCUT2D eigenvalue weighted by atomic mass is 10.1. The third-order valence-corrected chi connectivity index (χ3v) is 4.53. The van der Waals surface area contributed by atoms with Crippen LogP contribution in [0.25, 0.3) is 5.69 Å². The number of nitrogens with one attached hydrogen (secondary N) is 1. The number of benzene rings is 1. The number of hydrogen-bond acceptors (Lipinski definition) is 3. The molecule has 1 N–H and O–H groups in total. The normalized spacial score (nSPS) is 14.3. The summed E-state index contributed by atoms with van der Waals surface area (Å²) in [5, 5.41) is 7.16.